The summed E-state index contributed by atoms with van der Waals surface area (Å²) in [5.74, 6) is 2.63. The number of methoxy groups -OCH3 is 1. The minimum atomic E-state index is 0.125. The molecule has 0 bridgehead atoms. The van der Waals surface area contributed by atoms with Gasteiger partial charge in [-0.3, -0.25) is 4.99 Å². The van der Waals surface area contributed by atoms with Gasteiger partial charge in [-0.05, 0) is 23.8 Å². The van der Waals surface area contributed by atoms with Crippen molar-refractivity contribution in [2.24, 2.45) is 10.4 Å². The molecule has 0 radical (unpaired) electrons. The zero-order valence-electron chi connectivity index (χ0n) is 17.4. The van der Waals surface area contributed by atoms with Crippen molar-refractivity contribution < 1.29 is 4.74 Å². The predicted molar refractivity (Wildman–Crippen MR) is 111 cm³/mol. The SMILES string of the molecule is CN=C(NCC(C)(C)Cc1ccccc1)NC1CCc2nc(COC)nn2C1. The Morgan fingerprint density at radius 1 is 1.32 bits per heavy atom. The Kier molecular flexibility index (Phi) is 6.67. The van der Waals surface area contributed by atoms with Crippen molar-refractivity contribution in [2.45, 2.75) is 52.3 Å². The fraction of sp³-hybridized carbons (Fsp3) is 0.571. The van der Waals surface area contributed by atoms with Crippen molar-refractivity contribution in [1.29, 1.82) is 0 Å². The summed E-state index contributed by atoms with van der Waals surface area (Å²) < 4.78 is 7.13. The molecule has 1 unspecified atom stereocenters. The Morgan fingerprint density at radius 2 is 2.11 bits per heavy atom. The van der Waals surface area contributed by atoms with E-state index in [0.717, 1.165) is 50.0 Å². The Labute approximate surface area is 167 Å². The third kappa shape index (κ3) is 5.55. The molecule has 0 fully saturated rings. The summed E-state index contributed by atoms with van der Waals surface area (Å²) in [5, 5.41) is 11.6. The quantitative estimate of drug-likeness (QED) is 0.565. The van der Waals surface area contributed by atoms with Crippen LogP contribution in [0.4, 0.5) is 0 Å². The molecule has 0 saturated carbocycles. The summed E-state index contributed by atoms with van der Waals surface area (Å²) in [6, 6.07) is 10.9. The monoisotopic (exact) mass is 384 g/mol. The van der Waals surface area contributed by atoms with E-state index in [1.807, 2.05) is 11.7 Å². The number of rotatable bonds is 7. The minimum absolute atomic E-state index is 0.125. The highest BCUT2D eigenvalue weighted by Gasteiger charge is 2.23. The van der Waals surface area contributed by atoms with E-state index in [-0.39, 0.29) is 11.5 Å². The Balaban J connectivity index is 1.51. The molecule has 2 N–H and O–H groups in total. The van der Waals surface area contributed by atoms with Gasteiger partial charge < -0.3 is 15.4 Å². The smallest absolute Gasteiger partial charge is 0.191 e. The lowest BCUT2D eigenvalue weighted by molar-refractivity contribution is 0.177. The number of hydrogen-bond acceptors (Lipinski definition) is 4. The Morgan fingerprint density at radius 3 is 2.82 bits per heavy atom. The molecule has 3 rings (SSSR count). The third-order valence-corrected chi connectivity index (χ3v) is 5.00. The van der Waals surface area contributed by atoms with Crippen molar-refractivity contribution in [2.75, 3.05) is 20.7 Å². The van der Waals surface area contributed by atoms with Crippen LogP contribution in [-0.2, 0) is 30.7 Å². The van der Waals surface area contributed by atoms with E-state index in [9.17, 15) is 0 Å². The summed E-state index contributed by atoms with van der Waals surface area (Å²) in [4.78, 5) is 8.95. The lowest BCUT2D eigenvalue weighted by Crippen LogP contribution is -2.49. The number of fused-ring (bicyclic) bond motifs is 1. The first-order valence-corrected chi connectivity index (χ1v) is 9.92. The topological polar surface area (TPSA) is 76.4 Å². The maximum atomic E-state index is 5.14. The van der Waals surface area contributed by atoms with E-state index < -0.39 is 0 Å². The van der Waals surface area contributed by atoms with Gasteiger partial charge in [0.1, 0.15) is 12.4 Å². The summed E-state index contributed by atoms with van der Waals surface area (Å²) in [6.45, 7) is 6.65. The highest BCUT2D eigenvalue weighted by Crippen LogP contribution is 2.20. The summed E-state index contributed by atoms with van der Waals surface area (Å²) in [7, 11) is 3.49. The van der Waals surface area contributed by atoms with Crippen molar-refractivity contribution >= 4 is 5.96 Å². The van der Waals surface area contributed by atoms with Crippen molar-refractivity contribution in [3.8, 4) is 0 Å². The molecule has 1 atom stereocenters. The largest absolute Gasteiger partial charge is 0.377 e. The van der Waals surface area contributed by atoms with E-state index in [2.05, 4.69) is 69.9 Å². The van der Waals surface area contributed by atoms with Gasteiger partial charge in [0.25, 0.3) is 0 Å². The minimum Gasteiger partial charge on any atom is -0.377 e. The molecule has 0 saturated heterocycles. The first-order valence-electron chi connectivity index (χ1n) is 9.92. The highest BCUT2D eigenvalue weighted by atomic mass is 16.5. The van der Waals surface area contributed by atoms with Crippen LogP contribution in [0.2, 0.25) is 0 Å². The fourth-order valence-electron chi connectivity index (χ4n) is 3.59. The number of aliphatic imine (C=N–C) groups is 1. The maximum Gasteiger partial charge on any atom is 0.191 e. The standard InChI is InChI=1S/C21H32N6O/c1-21(2,12-16-8-6-5-7-9-16)15-23-20(22-3)24-17-10-11-19-25-18(14-28-4)26-27(19)13-17/h5-9,17H,10-15H2,1-4H3,(H2,22,23,24). The molecule has 1 aromatic carbocycles. The van der Waals surface area contributed by atoms with E-state index in [1.165, 1.54) is 5.56 Å². The van der Waals surface area contributed by atoms with E-state index in [1.54, 1.807) is 7.11 Å². The second kappa shape index (κ2) is 9.19. The molecule has 28 heavy (non-hydrogen) atoms. The molecule has 152 valence electrons. The average molecular weight is 385 g/mol. The molecule has 0 amide bonds. The van der Waals surface area contributed by atoms with Crippen molar-refractivity contribution in [3.63, 3.8) is 0 Å². The first-order chi connectivity index (χ1) is 13.5. The van der Waals surface area contributed by atoms with Crippen LogP contribution in [0.5, 0.6) is 0 Å². The molecule has 7 nitrogen and oxygen atoms in total. The molecule has 7 heteroatoms. The van der Waals surface area contributed by atoms with Crippen LogP contribution in [0, 0.1) is 5.41 Å². The number of aromatic nitrogens is 3. The second-order valence-corrected chi connectivity index (χ2v) is 8.19. The predicted octanol–water partition coefficient (Wildman–Crippen LogP) is 2.17. The van der Waals surface area contributed by atoms with Gasteiger partial charge in [-0.15, -0.1) is 0 Å². The third-order valence-electron chi connectivity index (χ3n) is 5.00. The summed E-state index contributed by atoms with van der Waals surface area (Å²) >= 11 is 0. The number of hydrogen-bond donors (Lipinski definition) is 2. The molecule has 1 aliphatic rings. The maximum absolute atomic E-state index is 5.14. The Bertz CT molecular complexity index is 783. The van der Waals surface area contributed by atoms with Gasteiger partial charge >= 0.3 is 0 Å². The molecule has 2 heterocycles. The van der Waals surface area contributed by atoms with Gasteiger partial charge in [-0.2, -0.15) is 5.10 Å². The van der Waals surface area contributed by atoms with Crippen LogP contribution in [0.25, 0.3) is 0 Å². The molecule has 2 aromatic rings. The number of nitrogens with zero attached hydrogens (tertiary/aromatic N) is 4. The number of ether oxygens (including phenoxy) is 1. The van der Waals surface area contributed by atoms with Gasteiger partial charge in [-0.25, -0.2) is 9.67 Å². The lowest BCUT2D eigenvalue weighted by atomic mass is 9.86. The lowest BCUT2D eigenvalue weighted by Gasteiger charge is -2.29. The van der Waals surface area contributed by atoms with Crippen LogP contribution in [0.3, 0.4) is 0 Å². The van der Waals surface area contributed by atoms with Crippen LogP contribution >= 0.6 is 0 Å². The van der Waals surface area contributed by atoms with Crippen LogP contribution in [-0.4, -0.2) is 47.5 Å². The number of guanidine groups is 1. The first kappa shape index (κ1) is 20.3. The zero-order chi connectivity index (χ0) is 20.0. The zero-order valence-corrected chi connectivity index (χ0v) is 17.4. The van der Waals surface area contributed by atoms with E-state index in [4.69, 9.17) is 4.74 Å². The molecule has 0 aliphatic carbocycles. The van der Waals surface area contributed by atoms with Crippen molar-refractivity contribution in [3.05, 3.63) is 47.5 Å². The molecule has 1 aliphatic heterocycles. The second-order valence-electron chi connectivity index (χ2n) is 8.19. The van der Waals surface area contributed by atoms with Gasteiger partial charge in [0.2, 0.25) is 0 Å². The summed E-state index contributed by atoms with van der Waals surface area (Å²) in [5.41, 5.74) is 1.48. The number of aryl methyl sites for hydroxylation is 1. The van der Waals surface area contributed by atoms with Gasteiger partial charge in [0.15, 0.2) is 11.8 Å². The number of benzene rings is 1. The molecular formula is C21H32N6O. The van der Waals surface area contributed by atoms with Crippen molar-refractivity contribution in [1.82, 2.24) is 25.4 Å². The molecule has 0 spiro atoms. The van der Waals surface area contributed by atoms with Crippen LogP contribution < -0.4 is 10.6 Å². The number of nitrogens with one attached hydrogen (secondary N) is 2. The Hall–Kier alpha value is -2.41. The molecular weight excluding hydrogens is 352 g/mol. The van der Waals surface area contributed by atoms with Gasteiger partial charge in [0.05, 0.1) is 6.54 Å². The fourth-order valence-corrected chi connectivity index (χ4v) is 3.59. The summed E-state index contributed by atoms with van der Waals surface area (Å²) in [6.07, 6.45) is 2.94. The normalized spacial score (nSPS) is 17.3. The average Bonchev–Trinajstić information content (AvgIpc) is 3.07. The van der Waals surface area contributed by atoms with E-state index >= 15 is 0 Å². The molecule has 1 aromatic heterocycles. The van der Waals surface area contributed by atoms with Gasteiger partial charge in [0, 0.05) is 33.2 Å². The van der Waals surface area contributed by atoms with Gasteiger partial charge in [-0.1, -0.05) is 44.2 Å². The van der Waals surface area contributed by atoms with Crippen LogP contribution in [0.15, 0.2) is 35.3 Å². The highest BCUT2D eigenvalue weighted by molar-refractivity contribution is 5.80. The van der Waals surface area contributed by atoms with E-state index in [0.29, 0.717) is 6.61 Å². The van der Waals surface area contributed by atoms with Crippen LogP contribution in [0.1, 0.15) is 37.5 Å².